The van der Waals surface area contributed by atoms with Crippen LogP contribution in [0.5, 0.6) is 0 Å². The zero-order valence-electron chi connectivity index (χ0n) is 21.7. The number of pyridine rings is 1. The van der Waals surface area contributed by atoms with Crippen LogP contribution < -0.4 is 10.6 Å². The number of nitrogens with zero attached hydrogens (tertiary/aromatic N) is 2. The number of piperidine rings is 1. The van der Waals surface area contributed by atoms with E-state index in [1.165, 1.54) is 18.9 Å². The van der Waals surface area contributed by atoms with Gasteiger partial charge in [0.1, 0.15) is 5.82 Å². The number of hydrogen-bond acceptors (Lipinski definition) is 4. The summed E-state index contributed by atoms with van der Waals surface area (Å²) in [5, 5.41) is 6.61. The number of carbonyl (C=O) groups is 1. The number of aromatic nitrogens is 1. The summed E-state index contributed by atoms with van der Waals surface area (Å²) >= 11 is 6.24. The predicted molar refractivity (Wildman–Crippen MR) is 151 cm³/mol. The molecule has 3 atom stereocenters. The molecular formula is C27H49ClN4O4. The van der Waals surface area contributed by atoms with Crippen LogP contribution in [0.2, 0.25) is 0 Å². The van der Waals surface area contributed by atoms with E-state index in [0.717, 1.165) is 38.2 Å². The highest BCUT2D eigenvalue weighted by molar-refractivity contribution is 6.22. The first-order chi connectivity index (χ1) is 15.1. The Morgan fingerprint density at radius 3 is 2.44 bits per heavy atom. The van der Waals surface area contributed by atoms with Crippen molar-refractivity contribution in [2.75, 3.05) is 25.0 Å². The van der Waals surface area contributed by atoms with Crippen molar-refractivity contribution in [1.82, 2.24) is 15.2 Å². The molecule has 36 heavy (non-hydrogen) atoms. The normalized spacial score (nSPS) is 21.6. The topological polar surface area (TPSA) is 152 Å². The van der Waals surface area contributed by atoms with Crippen LogP contribution in [0.3, 0.4) is 0 Å². The summed E-state index contributed by atoms with van der Waals surface area (Å²) in [5.74, 6) is 1.62. The largest absolute Gasteiger partial charge is 0.412 e. The van der Waals surface area contributed by atoms with Gasteiger partial charge in [-0.1, -0.05) is 59.4 Å². The highest BCUT2D eigenvalue weighted by Crippen LogP contribution is 2.41. The number of nitrogens with one attached hydrogen (secondary N) is 2. The minimum absolute atomic E-state index is 0. The van der Waals surface area contributed by atoms with Crippen LogP contribution >= 0.6 is 11.6 Å². The van der Waals surface area contributed by atoms with Gasteiger partial charge in [0.25, 0.3) is 0 Å². The van der Waals surface area contributed by atoms with Crippen molar-refractivity contribution >= 4 is 23.3 Å². The number of amides is 1. The van der Waals surface area contributed by atoms with Gasteiger partial charge in [-0.05, 0) is 53.8 Å². The Bertz CT molecular complexity index is 843. The number of likely N-dealkylation sites (tertiary alicyclic amines) is 1. The molecule has 8 nitrogen and oxygen atoms in total. The van der Waals surface area contributed by atoms with Gasteiger partial charge in [0.2, 0.25) is 5.91 Å². The van der Waals surface area contributed by atoms with Crippen molar-refractivity contribution in [2.45, 2.75) is 72.9 Å². The fraction of sp³-hybridized carbons (Fsp3) is 0.630. The lowest BCUT2D eigenvalue weighted by Crippen LogP contribution is -2.51. The first kappa shape index (κ1) is 36.3. The number of anilines is 1. The quantitative estimate of drug-likeness (QED) is 0.497. The molecule has 2 heterocycles. The number of carbonyl (C=O) groups excluding carboxylic acids is 1. The average Bonchev–Trinajstić information content (AvgIpc) is 2.72. The van der Waals surface area contributed by atoms with E-state index in [9.17, 15) is 4.79 Å². The van der Waals surface area contributed by atoms with E-state index in [2.05, 4.69) is 66.4 Å². The third-order valence-corrected chi connectivity index (χ3v) is 7.07. The molecule has 8 N–H and O–H groups in total. The van der Waals surface area contributed by atoms with Gasteiger partial charge in [-0.2, -0.15) is 0 Å². The first-order valence-electron chi connectivity index (χ1n) is 11.8. The molecule has 1 amide bonds. The Hall–Kier alpha value is -1.81. The van der Waals surface area contributed by atoms with Crippen LogP contribution in [0.15, 0.2) is 42.1 Å². The van der Waals surface area contributed by atoms with Gasteiger partial charge in [0, 0.05) is 38.8 Å². The number of alkyl halides is 1. The van der Waals surface area contributed by atoms with Gasteiger partial charge in [-0.15, -0.1) is 11.6 Å². The molecule has 0 radical (unpaired) electrons. The molecule has 1 aliphatic carbocycles. The van der Waals surface area contributed by atoms with Crippen LogP contribution in [0.1, 0.15) is 60.5 Å². The summed E-state index contributed by atoms with van der Waals surface area (Å²) in [6.07, 6.45) is 10.7. The Morgan fingerprint density at radius 2 is 1.94 bits per heavy atom. The minimum Gasteiger partial charge on any atom is -0.412 e. The van der Waals surface area contributed by atoms with Crippen molar-refractivity contribution in [3.8, 4) is 0 Å². The monoisotopic (exact) mass is 528 g/mol. The molecule has 0 saturated carbocycles. The summed E-state index contributed by atoms with van der Waals surface area (Å²) < 4.78 is 0. The molecule has 208 valence electrons. The predicted octanol–water partition coefficient (Wildman–Crippen LogP) is 3.16. The van der Waals surface area contributed by atoms with E-state index >= 15 is 0 Å². The van der Waals surface area contributed by atoms with Crippen molar-refractivity contribution in [3.05, 3.63) is 47.7 Å². The maximum absolute atomic E-state index is 11.2. The molecule has 1 unspecified atom stereocenters. The van der Waals surface area contributed by atoms with E-state index in [4.69, 9.17) is 11.6 Å². The van der Waals surface area contributed by atoms with Crippen molar-refractivity contribution in [2.24, 2.45) is 17.3 Å². The molecule has 1 aliphatic heterocycles. The van der Waals surface area contributed by atoms with Crippen LogP contribution in [-0.4, -0.2) is 63.3 Å². The number of allylic oxidation sites excluding steroid dienone is 4. The maximum atomic E-state index is 11.2. The van der Waals surface area contributed by atoms with E-state index in [-0.39, 0.29) is 40.6 Å². The molecule has 0 aromatic carbocycles. The van der Waals surface area contributed by atoms with Crippen molar-refractivity contribution in [1.29, 1.82) is 0 Å². The second-order valence-corrected chi connectivity index (χ2v) is 10.9. The second kappa shape index (κ2) is 16.1. The summed E-state index contributed by atoms with van der Waals surface area (Å²) in [7, 11) is 0. The van der Waals surface area contributed by atoms with Gasteiger partial charge >= 0.3 is 0 Å². The van der Waals surface area contributed by atoms with Gasteiger partial charge in [-0.3, -0.25) is 4.79 Å². The SMILES string of the molecule is C.CC(=O)Nc1ccc(CN[C@@H](CN2CC[C@H](C3=CCC(Cl)C=C3)C(C)(C)C2)C(C)C)cn1.O.O.O. The molecule has 0 spiro atoms. The molecule has 0 bridgehead atoms. The molecule has 1 fully saturated rings. The second-order valence-electron chi connectivity index (χ2n) is 10.3. The zero-order chi connectivity index (χ0) is 23.3. The smallest absolute Gasteiger partial charge is 0.222 e. The fourth-order valence-corrected chi connectivity index (χ4v) is 5.09. The van der Waals surface area contributed by atoms with E-state index in [1.54, 1.807) is 0 Å². The zero-order valence-corrected chi connectivity index (χ0v) is 22.5. The molecule has 2 aliphatic rings. The Morgan fingerprint density at radius 1 is 1.25 bits per heavy atom. The van der Waals surface area contributed by atoms with Crippen LogP contribution in [0.4, 0.5) is 5.82 Å². The Labute approximate surface area is 222 Å². The van der Waals surface area contributed by atoms with Gasteiger partial charge in [-0.25, -0.2) is 4.98 Å². The first-order valence-corrected chi connectivity index (χ1v) is 12.3. The van der Waals surface area contributed by atoms with Gasteiger partial charge in [0.15, 0.2) is 0 Å². The lowest BCUT2D eigenvalue weighted by Gasteiger charge is -2.46. The minimum atomic E-state index is -0.103. The van der Waals surface area contributed by atoms with E-state index in [0.29, 0.717) is 23.7 Å². The molecule has 9 heteroatoms. The maximum Gasteiger partial charge on any atom is 0.222 e. The third kappa shape index (κ3) is 10.3. The third-order valence-electron chi connectivity index (χ3n) is 6.74. The highest BCUT2D eigenvalue weighted by atomic mass is 35.5. The van der Waals surface area contributed by atoms with Gasteiger partial charge in [0.05, 0.1) is 5.38 Å². The summed E-state index contributed by atoms with van der Waals surface area (Å²) in [4.78, 5) is 18.1. The summed E-state index contributed by atoms with van der Waals surface area (Å²) in [6.45, 7) is 14.9. The number of hydrogen-bond donors (Lipinski definition) is 2. The van der Waals surface area contributed by atoms with E-state index < -0.39 is 0 Å². The molecule has 1 saturated heterocycles. The fourth-order valence-electron chi connectivity index (χ4n) is 4.93. The van der Waals surface area contributed by atoms with Crippen molar-refractivity contribution in [3.63, 3.8) is 0 Å². The Kier molecular flexibility index (Phi) is 16.3. The van der Waals surface area contributed by atoms with Crippen LogP contribution in [-0.2, 0) is 11.3 Å². The average molecular weight is 529 g/mol. The van der Waals surface area contributed by atoms with Crippen molar-refractivity contribution < 1.29 is 21.2 Å². The molecule has 3 rings (SSSR count). The lowest BCUT2D eigenvalue weighted by molar-refractivity contribution is -0.114. The highest BCUT2D eigenvalue weighted by Gasteiger charge is 2.38. The van der Waals surface area contributed by atoms with Gasteiger partial charge < -0.3 is 32.0 Å². The number of rotatable bonds is 8. The standard InChI is InChI=1S/C26H39ClN4O.CH4.3H2O/c1-18(2)24(28-14-20-6-11-25(29-15-20)30-19(3)32)16-31-13-12-23(26(4,5)17-31)21-7-9-22(27)10-8-21;;;;/h6-9,11,15,18,22-24,28H,10,12-14,16-17H2,1-5H3,(H,29,30,32);1H4;3*1H2/t22?,23-,24+;;;;/m1..../s1. The molecule has 1 aromatic rings. The number of halogens is 1. The van der Waals surface area contributed by atoms with Crippen LogP contribution in [0, 0.1) is 17.3 Å². The Balaban J connectivity index is 0. The van der Waals surface area contributed by atoms with Crippen LogP contribution in [0.25, 0.3) is 0 Å². The lowest BCUT2D eigenvalue weighted by atomic mass is 9.69. The molecular weight excluding hydrogens is 480 g/mol. The summed E-state index contributed by atoms with van der Waals surface area (Å²) in [5.41, 5.74) is 2.83. The van der Waals surface area contributed by atoms with E-state index in [1.807, 2.05) is 18.3 Å². The molecule has 1 aromatic heterocycles. The summed E-state index contributed by atoms with van der Waals surface area (Å²) in [6, 6.07) is 4.29.